The predicted octanol–water partition coefficient (Wildman–Crippen LogP) is 3.85. The van der Waals surface area contributed by atoms with Gasteiger partial charge in [0.25, 0.3) is 0 Å². The number of hydrogen-bond acceptors (Lipinski definition) is 3. The number of hydrogen-bond donors (Lipinski definition) is 1. The van der Waals surface area contributed by atoms with Gasteiger partial charge in [-0.25, -0.2) is 4.98 Å². The molecule has 0 saturated heterocycles. The maximum absolute atomic E-state index is 5.92. The van der Waals surface area contributed by atoms with Crippen LogP contribution in [0.15, 0.2) is 46.9 Å². The van der Waals surface area contributed by atoms with E-state index in [9.17, 15) is 0 Å². The molecular formula is C15H13ClN2O. The predicted molar refractivity (Wildman–Crippen MR) is 77.3 cm³/mol. The van der Waals surface area contributed by atoms with Gasteiger partial charge in [0, 0.05) is 17.1 Å². The van der Waals surface area contributed by atoms with E-state index < -0.39 is 0 Å². The number of nitrogens with two attached hydrogens (primary N) is 1. The molecular weight excluding hydrogens is 260 g/mol. The second-order valence-electron chi connectivity index (χ2n) is 4.46. The minimum atomic E-state index is 0.670. The van der Waals surface area contributed by atoms with E-state index in [1.54, 1.807) is 6.07 Å². The molecule has 0 aliphatic carbocycles. The third kappa shape index (κ3) is 2.71. The number of nitrogen functional groups attached to an aromatic ring is 1. The van der Waals surface area contributed by atoms with E-state index in [1.807, 2.05) is 30.3 Å². The van der Waals surface area contributed by atoms with Crippen LogP contribution < -0.4 is 5.73 Å². The van der Waals surface area contributed by atoms with Gasteiger partial charge in [0.1, 0.15) is 5.52 Å². The highest BCUT2D eigenvalue weighted by molar-refractivity contribution is 6.31. The average molecular weight is 273 g/mol. The number of aryl methyl sites for hydroxylation is 2. The standard InChI is InChI=1S/C15H13ClN2O/c16-11-5-6-14-13(9-11)18-15(19-14)7-4-10-2-1-3-12(17)8-10/h1-3,5-6,8-9H,4,7,17H2. The zero-order chi connectivity index (χ0) is 13.2. The van der Waals surface area contributed by atoms with Crippen LogP contribution in [-0.4, -0.2) is 4.98 Å². The van der Waals surface area contributed by atoms with Gasteiger partial charge in [-0.3, -0.25) is 0 Å². The second kappa shape index (κ2) is 4.94. The van der Waals surface area contributed by atoms with Crippen molar-refractivity contribution < 1.29 is 4.42 Å². The molecule has 0 aliphatic heterocycles. The van der Waals surface area contributed by atoms with Crippen LogP contribution in [0, 0.1) is 0 Å². The Morgan fingerprint density at radius 3 is 2.84 bits per heavy atom. The Hall–Kier alpha value is -2.00. The molecule has 0 atom stereocenters. The van der Waals surface area contributed by atoms with E-state index in [0.29, 0.717) is 5.02 Å². The van der Waals surface area contributed by atoms with Crippen LogP contribution in [0.1, 0.15) is 11.5 Å². The molecule has 2 aromatic carbocycles. The number of rotatable bonds is 3. The van der Waals surface area contributed by atoms with Crippen molar-refractivity contribution in [1.82, 2.24) is 4.98 Å². The van der Waals surface area contributed by atoms with Crippen molar-refractivity contribution >= 4 is 28.4 Å². The molecule has 3 nitrogen and oxygen atoms in total. The van der Waals surface area contributed by atoms with Crippen molar-refractivity contribution in [3.05, 3.63) is 58.9 Å². The first-order chi connectivity index (χ1) is 9.20. The SMILES string of the molecule is Nc1cccc(CCc2nc3cc(Cl)ccc3o2)c1. The van der Waals surface area contributed by atoms with E-state index in [2.05, 4.69) is 11.1 Å². The highest BCUT2D eigenvalue weighted by Gasteiger charge is 2.06. The average Bonchev–Trinajstić information content (AvgIpc) is 2.78. The fraction of sp³-hybridized carbons (Fsp3) is 0.133. The summed E-state index contributed by atoms with van der Waals surface area (Å²) in [7, 11) is 0. The van der Waals surface area contributed by atoms with Crippen LogP contribution in [0.3, 0.4) is 0 Å². The molecule has 0 radical (unpaired) electrons. The summed E-state index contributed by atoms with van der Waals surface area (Å²) in [6.45, 7) is 0. The summed E-state index contributed by atoms with van der Waals surface area (Å²) in [6, 6.07) is 13.3. The molecule has 0 bridgehead atoms. The van der Waals surface area contributed by atoms with Crippen LogP contribution >= 0.6 is 11.6 Å². The summed E-state index contributed by atoms with van der Waals surface area (Å²) >= 11 is 5.92. The Morgan fingerprint density at radius 1 is 1.11 bits per heavy atom. The molecule has 0 spiro atoms. The van der Waals surface area contributed by atoms with Crippen molar-refractivity contribution in [3.8, 4) is 0 Å². The quantitative estimate of drug-likeness (QED) is 0.737. The molecule has 4 heteroatoms. The summed E-state index contributed by atoms with van der Waals surface area (Å²) in [5.74, 6) is 0.722. The van der Waals surface area contributed by atoms with E-state index in [0.717, 1.165) is 35.5 Å². The Labute approximate surface area is 116 Å². The summed E-state index contributed by atoms with van der Waals surface area (Å²) in [5, 5.41) is 0.670. The monoisotopic (exact) mass is 272 g/mol. The molecule has 0 amide bonds. The first-order valence-corrected chi connectivity index (χ1v) is 6.48. The van der Waals surface area contributed by atoms with Gasteiger partial charge in [-0.15, -0.1) is 0 Å². The Bertz CT molecular complexity index is 721. The Kier molecular flexibility index (Phi) is 3.13. The first kappa shape index (κ1) is 12.1. The smallest absolute Gasteiger partial charge is 0.195 e. The van der Waals surface area contributed by atoms with Crippen LogP contribution in [0.4, 0.5) is 5.69 Å². The lowest BCUT2D eigenvalue weighted by Crippen LogP contribution is -1.93. The topological polar surface area (TPSA) is 52.0 Å². The molecule has 1 aromatic heterocycles. The van der Waals surface area contributed by atoms with Crippen molar-refractivity contribution in [2.75, 3.05) is 5.73 Å². The van der Waals surface area contributed by atoms with Gasteiger partial charge in [0.2, 0.25) is 0 Å². The van der Waals surface area contributed by atoms with Gasteiger partial charge < -0.3 is 10.2 Å². The van der Waals surface area contributed by atoms with Crippen LogP contribution in [0.2, 0.25) is 5.02 Å². The van der Waals surface area contributed by atoms with Gasteiger partial charge in [-0.2, -0.15) is 0 Å². The van der Waals surface area contributed by atoms with Gasteiger partial charge >= 0.3 is 0 Å². The molecule has 0 saturated carbocycles. The van der Waals surface area contributed by atoms with E-state index in [-0.39, 0.29) is 0 Å². The maximum atomic E-state index is 5.92. The summed E-state index contributed by atoms with van der Waals surface area (Å²) in [5.41, 5.74) is 9.28. The van der Waals surface area contributed by atoms with Crippen molar-refractivity contribution in [2.24, 2.45) is 0 Å². The number of halogens is 1. The van der Waals surface area contributed by atoms with Crippen molar-refractivity contribution in [1.29, 1.82) is 0 Å². The zero-order valence-electron chi connectivity index (χ0n) is 10.3. The highest BCUT2D eigenvalue weighted by atomic mass is 35.5. The summed E-state index contributed by atoms with van der Waals surface area (Å²) in [6.07, 6.45) is 1.60. The lowest BCUT2D eigenvalue weighted by Gasteiger charge is -1.99. The van der Waals surface area contributed by atoms with Gasteiger partial charge in [-0.1, -0.05) is 23.7 Å². The summed E-state index contributed by atoms with van der Waals surface area (Å²) in [4.78, 5) is 4.43. The van der Waals surface area contributed by atoms with Crippen molar-refractivity contribution in [3.63, 3.8) is 0 Å². The number of nitrogens with zero attached hydrogens (tertiary/aromatic N) is 1. The lowest BCUT2D eigenvalue weighted by atomic mass is 10.1. The molecule has 19 heavy (non-hydrogen) atoms. The number of oxazole rings is 1. The van der Waals surface area contributed by atoms with E-state index in [4.69, 9.17) is 21.8 Å². The van der Waals surface area contributed by atoms with Gasteiger partial charge in [-0.05, 0) is 42.3 Å². The number of fused-ring (bicyclic) bond motifs is 1. The molecule has 0 aliphatic rings. The minimum Gasteiger partial charge on any atom is -0.441 e. The lowest BCUT2D eigenvalue weighted by molar-refractivity contribution is 0.528. The second-order valence-corrected chi connectivity index (χ2v) is 4.90. The molecule has 1 heterocycles. The van der Waals surface area contributed by atoms with E-state index in [1.165, 1.54) is 5.56 Å². The number of benzene rings is 2. The minimum absolute atomic E-state index is 0.670. The third-order valence-electron chi connectivity index (χ3n) is 2.97. The fourth-order valence-corrected chi connectivity index (χ4v) is 2.22. The fourth-order valence-electron chi connectivity index (χ4n) is 2.06. The number of aromatic nitrogens is 1. The third-order valence-corrected chi connectivity index (χ3v) is 3.21. The Morgan fingerprint density at radius 2 is 2.00 bits per heavy atom. The molecule has 3 aromatic rings. The molecule has 0 fully saturated rings. The Balaban J connectivity index is 1.78. The molecule has 0 unspecified atom stereocenters. The van der Waals surface area contributed by atoms with Gasteiger partial charge in [0.15, 0.2) is 11.5 Å². The van der Waals surface area contributed by atoms with Crippen molar-refractivity contribution in [2.45, 2.75) is 12.8 Å². The molecule has 2 N–H and O–H groups in total. The van der Waals surface area contributed by atoms with Crippen LogP contribution in [-0.2, 0) is 12.8 Å². The van der Waals surface area contributed by atoms with Crippen LogP contribution in [0.25, 0.3) is 11.1 Å². The zero-order valence-corrected chi connectivity index (χ0v) is 11.0. The molecule has 3 rings (SSSR count). The van der Waals surface area contributed by atoms with Crippen LogP contribution in [0.5, 0.6) is 0 Å². The first-order valence-electron chi connectivity index (χ1n) is 6.10. The van der Waals surface area contributed by atoms with E-state index >= 15 is 0 Å². The summed E-state index contributed by atoms with van der Waals surface area (Å²) < 4.78 is 5.67. The largest absolute Gasteiger partial charge is 0.441 e. The number of anilines is 1. The highest BCUT2D eigenvalue weighted by Crippen LogP contribution is 2.21. The maximum Gasteiger partial charge on any atom is 0.195 e. The normalized spacial score (nSPS) is 11.0. The molecule has 96 valence electrons. The van der Waals surface area contributed by atoms with Gasteiger partial charge in [0.05, 0.1) is 0 Å².